The van der Waals surface area contributed by atoms with Crippen LogP contribution < -0.4 is 0 Å². The fourth-order valence-electron chi connectivity index (χ4n) is 4.87. The van der Waals surface area contributed by atoms with Gasteiger partial charge >= 0.3 is 159 Å². The van der Waals surface area contributed by atoms with Crippen molar-refractivity contribution >= 4 is 24.8 Å². The summed E-state index contributed by atoms with van der Waals surface area (Å²) in [5, 5.41) is 0. The Labute approximate surface area is 182 Å². The van der Waals surface area contributed by atoms with Gasteiger partial charge in [-0.3, -0.25) is 0 Å². The number of hydrogen-bond donors (Lipinski definition) is 0. The van der Waals surface area contributed by atoms with Crippen molar-refractivity contribution in [3.63, 3.8) is 0 Å². The van der Waals surface area contributed by atoms with Crippen LogP contribution >= 0.6 is 24.8 Å². The molecule has 0 N–H and O–H groups in total. The van der Waals surface area contributed by atoms with E-state index in [-0.39, 0.29) is 35.6 Å². The number of rotatable bonds is 4. The van der Waals surface area contributed by atoms with E-state index in [1.807, 2.05) is 6.56 Å². The van der Waals surface area contributed by atoms with Gasteiger partial charge in [0.2, 0.25) is 0 Å². The predicted octanol–water partition coefficient (Wildman–Crippen LogP) is 8.35. The molecule has 0 aromatic rings. The molecule has 0 radical (unpaired) electrons. The maximum Gasteiger partial charge on any atom is -0.147 e. The van der Waals surface area contributed by atoms with Crippen molar-refractivity contribution in [2.24, 2.45) is 10.8 Å². The Balaban J connectivity index is 0.00000312. The predicted molar refractivity (Wildman–Crippen MR) is 119 cm³/mol. The van der Waals surface area contributed by atoms with Gasteiger partial charge < -0.3 is 0 Å². The summed E-state index contributed by atoms with van der Waals surface area (Å²) in [6.45, 7) is 28.0. The molecule has 2 aliphatic carbocycles. The third kappa shape index (κ3) is 3.70. The molecule has 0 aromatic heterocycles. The smallest absolute Gasteiger partial charge is 0.147 e. The van der Waals surface area contributed by atoms with Crippen molar-refractivity contribution in [1.82, 2.24) is 0 Å². The van der Waals surface area contributed by atoms with Gasteiger partial charge in [-0.15, -0.1) is 24.8 Å². The molecule has 0 aliphatic heterocycles. The summed E-state index contributed by atoms with van der Waals surface area (Å²) in [5.74, 6) is 0. The van der Waals surface area contributed by atoms with Crippen molar-refractivity contribution in [1.29, 1.82) is 0 Å². The van der Waals surface area contributed by atoms with Gasteiger partial charge in [0.15, 0.2) is 0 Å². The molecule has 3 heteroatoms. The second kappa shape index (κ2) is 8.67. The van der Waals surface area contributed by atoms with Crippen molar-refractivity contribution in [3.8, 4) is 0 Å². The molecule has 0 saturated heterocycles. The molecule has 0 aromatic carbocycles. The molecule has 0 fully saturated rings. The molecule has 2 rings (SSSR count). The quantitative estimate of drug-likeness (QED) is 0.358. The van der Waals surface area contributed by atoms with Gasteiger partial charge in [-0.05, 0) is 0 Å². The Morgan fingerprint density at radius 3 is 1.19 bits per heavy atom. The largest absolute Gasteiger partial charge is 0.147 e. The van der Waals surface area contributed by atoms with Crippen LogP contribution in [0.4, 0.5) is 0 Å². The molecule has 0 bridgehead atoms. The number of halogens is 2. The minimum absolute atomic E-state index is 0. The summed E-state index contributed by atoms with van der Waals surface area (Å²) < 4.78 is 4.84. The molecule has 0 saturated carbocycles. The Kier molecular flexibility index (Phi) is 8.73. The molecule has 0 heterocycles. The molecule has 26 heavy (non-hydrogen) atoms. The van der Waals surface area contributed by atoms with Crippen LogP contribution in [0.3, 0.4) is 0 Å². The molecule has 147 valence electrons. The van der Waals surface area contributed by atoms with E-state index in [1.165, 1.54) is 15.3 Å². The molecule has 0 spiro atoms. The first kappa shape index (κ1) is 26.2. The van der Waals surface area contributed by atoms with E-state index in [0.717, 1.165) is 0 Å². The van der Waals surface area contributed by atoms with Gasteiger partial charge in [0.25, 0.3) is 0 Å². The van der Waals surface area contributed by atoms with E-state index in [9.17, 15) is 0 Å². The van der Waals surface area contributed by atoms with Crippen LogP contribution in [-0.2, 0) is 21.8 Å². The summed E-state index contributed by atoms with van der Waals surface area (Å²) in [5.41, 5.74) is 9.85. The van der Waals surface area contributed by atoms with Crippen LogP contribution in [0.1, 0.15) is 69.2 Å². The van der Waals surface area contributed by atoms with Gasteiger partial charge in [-0.25, -0.2) is 0 Å². The van der Waals surface area contributed by atoms with Gasteiger partial charge in [0.05, 0.1) is 0 Å². The Morgan fingerprint density at radius 2 is 1.00 bits per heavy atom. The first-order valence-electron chi connectivity index (χ1n) is 9.17. The molecule has 0 nitrogen and oxygen atoms in total. The molecule has 2 aliphatic rings. The fourth-order valence-corrected chi connectivity index (χ4v) is 15.0. The molecule has 0 unspecified atom stereocenters. The molecule has 0 amide bonds. The number of allylic oxidation sites excluding steroid dienone is 9. The minimum Gasteiger partial charge on any atom is -0.147 e. The average molecular weight is 476 g/mol. The fraction of sp³-hybridized carbons (Fsp3) is 0.565. The SMILES string of the molecule is C=C[CH2][Zr]([C]1=C(C)C(C)=C(C)C1(C)C)[C]1=C(C)C(C)=C(C)C1(C)C.Cl.Cl. The van der Waals surface area contributed by atoms with E-state index >= 15 is 0 Å². The van der Waals surface area contributed by atoms with Crippen LogP contribution in [0.25, 0.3) is 0 Å². The van der Waals surface area contributed by atoms with E-state index in [4.69, 9.17) is 0 Å². The first-order chi connectivity index (χ1) is 10.9. The van der Waals surface area contributed by atoms with Crippen molar-refractivity contribution in [3.05, 3.63) is 52.7 Å². The maximum absolute atomic E-state index is 4.14. The van der Waals surface area contributed by atoms with Crippen LogP contribution in [0.5, 0.6) is 0 Å². The second-order valence-electron chi connectivity index (χ2n) is 8.72. The first-order valence-corrected chi connectivity index (χ1v) is 13.4. The molecular weight excluding hydrogens is 438 g/mol. The standard InChI is InChI=1S/2C10H15.C3H5.2ClH.Zr/c2*1-7-6-10(4,5)9(3)8(7)2;1-3-2;;;/h2*1-5H3;3H,1-2H2;2*1H;. The van der Waals surface area contributed by atoms with Gasteiger partial charge in [0.1, 0.15) is 0 Å². The maximum atomic E-state index is 4.14. The summed E-state index contributed by atoms with van der Waals surface area (Å²) in [6.07, 6.45) is 2.20. The third-order valence-electron chi connectivity index (χ3n) is 7.08. The van der Waals surface area contributed by atoms with Crippen molar-refractivity contribution in [2.45, 2.75) is 73.4 Å². The Bertz CT molecular complexity index is 669. The minimum atomic E-state index is -2.03. The van der Waals surface area contributed by atoms with Gasteiger partial charge in [0, 0.05) is 0 Å². The number of hydrogen-bond acceptors (Lipinski definition) is 0. The summed E-state index contributed by atoms with van der Waals surface area (Å²) in [4.78, 5) is 0. The van der Waals surface area contributed by atoms with E-state index in [0.29, 0.717) is 0 Å². The summed E-state index contributed by atoms with van der Waals surface area (Å²) in [6, 6.07) is 0. The average Bonchev–Trinajstić information content (AvgIpc) is 2.74. The van der Waals surface area contributed by atoms with Crippen LogP contribution in [0.2, 0.25) is 4.13 Å². The van der Waals surface area contributed by atoms with E-state index in [2.05, 4.69) is 81.9 Å². The molecular formula is C23H37Cl2Zr. The summed E-state index contributed by atoms with van der Waals surface area (Å²) in [7, 11) is 0. The van der Waals surface area contributed by atoms with Crippen molar-refractivity contribution in [2.75, 3.05) is 0 Å². The zero-order chi connectivity index (χ0) is 18.6. The topological polar surface area (TPSA) is 0 Å². The third-order valence-corrected chi connectivity index (χ3v) is 16.7. The zero-order valence-electron chi connectivity index (χ0n) is 18.3. The van der Waals surface area contributed by atoms with E-state index in [1.54, 1.807) is 22.3 Å². The second-order valence-corrected chi connectivity index (χ2v) is 14.5. The normalized spacial score (nSPS) is 21.2. The summed E-state index contributed by atoms with van der Waals surface area (Å²) >= 11 is -2.03. The Hall–Kier alpha value is 0.163. The Morgan fingerprint density at radius 1 is 0.692 bits per heavy atom. The van der Waals surface area contributed by atoms with Gasteiger partial charge in [-0.2, -0.15) is 0 Å². The van der Waals surface area contributed by atoms with Crippen LogP contribution in [0.15, 0.2) is 52.7 Å². The monoisotopic (exact) mass is 473 g/mol. The van der Waals surface area contributed by atoms with Crippen LogP contribution in [-0.4, -0.2) is 0 Å². The van der Waals surface area contributed by atoms with Gasteiger partial charge in [-0.1, -0.05) is 0 Å². The van der Waals surface area contributed by atoms with Crippen molar-refractivity contribution < 1.29 is 21.8 Å². The van der Waals surface area contributed by atoms with Crippen LogP contribution in [0, 0.1) is 10.8 Å². The zero-order valence-corrected chi connectivity index (χ0v) is 22.4. The molecule has 0 atom stereocenters. The van der Waals surface area contributed by atoms with E-state index < -0.39 is 21.8 Å².